The number of aryl methyl sites for hydroxylation is 1. The van der Waals surface area contributed by atoms with Crippen LogP contribution in [-0.4, -0.2) is 16.0 Å². The number of hydrogen-bond donors (Lipinski definition) is 0. The predicted molar refractivity (Wildman–Crippen MR) is 53.1 cm³/mol. The zero-order chi connectivity index (χ0) is 10.4. The molecule has 0 spiro atoms. The maximum Gasteiger partial charge on any atom is 0.163 e. The monoisotopic (exact) mass is 200 g/mol. The van der Waals surface area contributed by atoms with Crippen molar-refractivity contribution in [3.8, 4) is 0 Å². The van der Waals surface area contributed by atoms with E-state index < -0.39 is 0 Å². The van der Waals surface area contributed by atoms with Gasteiger partial charge in [-0.05, 0) is 19.9 Å². The Labute approximate surface area is 83.1 Å². The minimum absolute atomic E-state index is 0.0898. The molecule has 0 fully saturated rings. The summed E-state index contributed by atoms with van der Waals surface area (Å²) in [6.45, 7) is 7.21. The van der Waals surface area contributed by atoms with Crippen molar-refractivity contribution < 1.29 is 4.79 Å². The summed E-state index contributed by atoms with van der Waals surface area (Å²) >= 11 is 5.60. The molecule has 0 saturated carbocycles. The highest BCUT2D eigenvalue weighted by atomic mass is 35.5. The van der Waals surface area contributed by atoms with Crippen molar-refractivity contribution in [1.82, 2.24) is 10.2 Å². The lowest BCUT2D eigenvalue weighted by Crippen LogP contribution is -1.98. The molecule has 72 valence electrons. The van der Waals surface area contributed by atoms with Crippen molar-refractivity contribution >= 4 is 17.4 Å². The van der Waals surface area contributed by atoms with Crippen molar-refractivity contribution in [3.63, 3.8) is 0 Å². The van der Waals surface area contributed by atoms with Gasteiger partial charge in [-0.3, -0.25) is 4.79 Å². The first-order valence-corrected chi connectivity index (χ1v) is 4.50. The number of aromatic nitrogens is 2. The second kappa shape index (κ2) is 5.65. The molecule has 0 radical (unpaired) electrons. The molecule has 0 amide bonds. The molecule has 0 N–H and O–H groups in total. The smallest absolute Gasteiger partial charge is 0.163 e. The van der Waals surface area contributed by atoms with Crippen molar-refractivity contribution in [2.45, 2.75) is 27.7 Å². The first-order chi connectivity index (χ1) is 6.11. The third kappa shape index (κ3) is 3.51. The number of rotatable bonds is 1. The van der Waals surface area contributed by atoms with Gasteiger partial charge in [0.2, 0.25) is 0 Å². The maximum absolute atomic E-state index is 10.9. The van der Waals surface area contributed by atoms with Crippen LogP contribution in [0.2, 0.25) is 5.15 Å². The standard InChI is InChI=1S/C7H7ClN2O.C2H6/c1-4-3-6(5(2)11)7(8)10-9-4;1-2/h3H,1-2H3;1-2H3. The van der Waals surface area contributed by atoms with Crippen LogP contribution < -0.4 is 0 Å². The van der Waals surface area contributed by atoms with E-state index in [9.17, 15) is 4.79 Å². The van der Waals surface area contributed by atoms with Crippen LogP contribution in [0, 0.1) is 6.92 Å². The van der Waals surface area contributed by atoms with Crippen LogP contribution in [0.1, 0.15) is 36.8 Å². The quantitative estimate of drug-likeness (QED) is 0.655. The van der Waals surface area contributed by atoms with Crippen molar-refractivity contribution in [2.75, 3.05) is 0 Å². The summed E-state index contributed by atoms with van der Waals surface area (Å²) in [7, 11) is 0. The van der Waals surface area contributed by atoms with E-state index in [4.69, 9.17) is 11.6 Å². The van der Waals surface area contributed by atoms with Crippen LogP contribution in [-0.2, 0) is 0 Å². The van der Waals surface area contributed by atoms with E-state index in [-0.39, 0.29) is 10.9 Å². The average Bonchev–Trinajstić information content (AvgIpc) is 2.12. The lowest BCUT2D eigenvalue weighted by atomic mass is 10.2. The Balaban J connectivity index is 0.000000671. The largest absolute Gasteiger partial charge is 0.294 e. The zero-order valence-corrected chi connectivity index (χ0v) is 9.01. The van der Waals surface area contributed by atoms with Gasteiger partial charge in [0.1, 0.15) is 0 Å². The second-order valence-electron chi connectivity index (χ2n) is 2.25. The van der Waals surface area contributed by atoms with Gasteiger partial charge in [-0.25, -0.2) is 0 Å². The Kier molecular flexibility index (Phi) is 5.23. The van der Waals surface area contributed by atoms with Gasteiger partial charge in [0.15, 0.2) is 10.9 Å². The highest BCUT2D eigenvalue weighted by molar-refractivity contribution is 6.32. The fraction of sp³-hybridized carbons (Fsp3) is 0.444. The van der Waals surface area contributed by atoms with Crippen molar-refractivity contribution in [3.05, 3.63) is 22.5 Å². The minimum atomic E-state index is -0.0898. The van der Waals surface area contributed by atoms with Gasteiger partial charge in [-0.15, -0.1) is 5.10 Å². The molecule has 3 nitrogen and oxygen atoms in total. The van der Waals surface area contributed by atoms with Gasteiger partial charge in [0.25, 0.3) is 0 Å². The number of carbonyl (C=O) groups excluding carboxylic acids is 1. The lowest BCUT2D eigenvalue weighted by Gasteiger charge is -1.97. The Morgan fingerprint density at radius 1 is 1.38 bits per heavy atom. The molecule has 0 aromatic carbocycles. The molecule has 1 aromatic heterocycles. The van der Waals surface area contributed by atoms with Crippen LogP contribution in [0.5, 0.6) is 0 Å². The Bertz CT molecular complexity index is 300. The zero-order valence-electron chi connectivity index (χ0n) is 8.26. The highest BCUT2D eigenvalue weighted by Crippen LogP contribution is 2.12. The molecule has 13 heavy (non-hydrogen) atoms. The normalized spacial score (nSPS) is 8.69. The Hall–Kier alpha value is -0.960. The third-order valence-corrected chi connectivity index (χ3v) is 1.53. The van der Waals surface area contributed by atoms with E-state index in [1.165, 1.54) is 6.92 Å². The summed E-state index contributed by atoms with van der Waals surface area (Å²) in [4.78, 5) is 10.9. The van der Waals surface area contributed by atoms with Crippen LogP contribution in [0.25, 0.3) is 0 Å². The van der Waals surface area contributed by atoms with Crippen molar-refractivity contribution in [1.29, 1.82) is 0 Å². The van der Waals surface area contributed by atoms with Crippen LogP contribution in [0.3, 0.4) is 0 Å². The molecule has 0 unspecified atom stereocenters. The Morgan fingerprint density at radius 2 is 1.92 bits per heavy atom. The molecule has 1 aromatic rings. The summed E-state index contributed by atoms with van der Waals surface area (Å²) in [5.74, 6) is -0.0898. The molecule has 0 aliphatic heterocycles. The molecule has 0 aliphatic carbocycles. The summed E-state index contributed by atoms with van der Waals surface area (Å²) in [5.41, 5.74) is 1.12. The summed E-state index contributed by atoms with van der Waals surface area (Å²) in [5, 5.41) is 7.45. The van der Waals surface area contributed by atoms with Gasteiger partial charge in [0.05, 0.1) is 11.3 Å². The molecule has 0 aliphatic rings. The van der Waals surface area contributed by atoms with E-state index in [1.54, 1.807) is 13.0 Å². The fourth-order valence-corrected chi connectivity index (χ4v) is 0.946. The maximum atomic E-state index is 10.9. The molecule has 4 heteroatoms. The number of ketones is 1. The van der Waals surface area contributed by atoms with Gasteiger partial charge in [-0.2, -0.15) is 5.10 Å². The number of nitrogens with zero attached hydrogens (tertiary/aromatic N) is 2. The predicted octanol–water partition coefficient (Wildman–Crippen LogP) is 2.67. The number of hydrogen-bond acceptors (Lipinski definition) is 3. The van der Waals surface area contributed by atoms with Crippen LogP contribution in [0.15, 0.2) is 6.07 Å². The molecule has 0 atom stereocenters. The molecular weight excluding hydrogens is 188 g/mol. The third-order valence-electron chi connectivity index (χ3n) is 1.25. The van der Waals surface area contributed by atoms with E-state index in [2.05, 4.69) is 10.2 Å². The topological polar surface area (TPSA) is 42.9 Å². The lowest BCUT2D eigenvalue weighted by molar-refractivity contribution is 0.101. The first-order valence-electron chi connectivity index (χ1n) is 4.12. The van der Waals surface area contributed by atoms with E-state index in [0.717, 1.165) is 0 Å². The molecule has 0 bridgehead atoms. The summed E-state index contributed by atoms with van der Waals surface area (Å²) < 4.78 is 0. The Morgan fingerprint density at radius 3 is 2.31 bits per heavy atom. The van der Waals surface area contributed by atoms with Gasteiger partial charge < -0.3 is 0 Å². The molecule has 1 heterocycles. The SMILES string of the molecule is CC.CC(=O)c1cc(C)nnc1Cl. The van der Waals surface area contributed by atoms with Crippen LogP contribution >= 0.6 is 11.6 Å². The molecule has 1 rings (SSSR count). The number of Topliss-reactive ketones (excluding diaryl/α,β-unsaturated/α-hetero) is 1. The van der Waals surface area contributed by atoms with E-state index >= 15 is 0 Å². The van der Waals surface area contributed by atoms with Crippen molar-refractivity contribution in [2.24, 2.45) is 0 Å². The molecular formula is C9H13ClN2O. The second-order valence-corrected chi connectivity index (χ2v) is 2.60. The number of carbonyl (C=O) groups is 1. The first kappa shape index (κ1) is 12.0. The van der Waals surface area contributed by atoms with E-state index in [0.29, 0.717) is 11.3 Å². The van der Waals surface area contributed by atoms with Gasteiger partial charge in [-0.1, -0.05) is 25.4 Å². The highest BCUT2D eigenvalue weighted by Gasteiger charge is 2.06. The number of halogens is 1. The van der Waals surface area contributed by atoms with Crippen LogP contribution in [0.4, 0.5) is 0 Å². The fourth-order valence-electron chi connectivity index (χ4n) is 0.721. The van der Waals surface area contributed by atoms with Gasteiger partial charge >= 0.3 is 0 Å². The minimum Gasteiger partial charge on any atom is -0.294 e. The van der Waals surface area contributed by atoms with E-state index in [1.807, 2.05) is 13.8 Å². The average molecular weight is 201 g/mol. The summed E-state index contributed by atoms with van der Waals surface area (Å²) in [6, 6.07) is 1.62. The summed E-state index contributed by atoms with van der Waals surface area (Å²) in [6.07, 6.45) is 0. The van der Waals surface area contributed by atoms with Gasteiger partial charge in [0, 0.05) is 0 Å². The molecule has 0 saturated heterocycles.